The van der Waals surface area contributed by atoms with Crippen molar-refractivity contribution < 1.29 is 4.79 Å². The minimum Gasteiger partial charge on any atom is -0.352 e. The van der Waals surface area contributed by atoms with Crippen LogP contribution in [0.5, 0.6) is 0 Å². The summed E-state index contributed by atoms with van der Waals surface area (Å²) in [6.07, 6.45) is 0.486. The maximum absolute atomic E-state index is 12.4. The predicted molar refractivity (Wildman–Crippen MR) is 109 cm³/mol. The molecule has 0 spiro atoms. The van der Waals surface area contributed by atoms with Crippen molar-refractivity contribution >= 4 is 5.91 Å². The molecule has 1 aromatic heterocycles. The summed E-state index contributed by atoms with van der Waals surface area (Å²) in [6, 6.07) is 20.4. The number of nitrogens with one attached hydrogen (secondary N) is 1. The van der Waals surface area contributed by atoms with Gasteiger partial charge < -0.3 is 5.32 Å². The molecule has 0 aliphatic carbocycles. The van der Waals surface area contributed by atoms with Gasteiger partial charge in [-0.2, -0.15) is 5.10 Å². The summed E-state index contributed by atoms with van der Waals surface area (Å²) in [5.74, 6) is 0.273. The van der Waals surface area contributed by atoms with E-state index >= 15 is 0 Å². The van der Waals surface area contributed by atoms with E-state index in [1.54, 1.807) is 0 Å². The van der Waals surface area contributed by atoms with Gasteiger partial charge in [0.25, 0.3) is 0 Å². The molecule has 0 radical (unpaired) electrons. The lowest BCUT2D eigenvalue weighted by Crippen LogP contribution is -2.24. The Balaban J connectivity index is 1.60. The quantitative estimate of drug-likeness (QED) is 0.680. The average molecular weight is 361 g/mol. The van der Waals surface area contributed by atoms with Crippen LogP contribution in [0, 0.1) is 13.8 Å². The molecule has 1 N–H and O–H groups in total. The highest BCUT2D eigenvalue weighted by Gasteiger charge is 2.15. The lowest BCUT2D eigenvalue weighted by molar-refractivity contribution is -0.121. The minimum absolute atomic E-state index is 0.0703. The molecule has 3 rings (SSSR count). The highest BCUT2D eigenvalue weighted by molar-refractivity contribution is 5.76. The third kappa shape index (κ3) is 4.85. The number of nitrogens with zero attached hydrogens (tertiary/aromatic N) is 2. The zero-order valence-corrected chi connectivity index (χ0v) is 16.3. The summed E-state index contributed by atoms with van der Waals surface area (Å²) in [4.78, 5) is 12.4. The fourth-order valence-corrected chi connectivity index (χ4v) is 3.34. The van der Waals surface area contributed by atoms with Crippen LogP contribution in [0.15, 0.2) is 60.7 Å². The van der Waals surface area contributed by atoms with E-state index in [9.17, 15) is 4.79 Å². The van der Waals surface area contributed by atoms with E-state index in [0.29, 0.717) is 13.0 Å². The van der Waals surface area contributed by atoms with Crippen molar-refractivity contribution in [1.29, 1.82) is 0 Å². The van der Waals surface area contributed by atoms with Crippen LogP contribution < -0.4 is 5.32 Å². The molecule has 1 heterocycles. The molecule has 4 nitrogen and oxygen atoms in total. The van der Waals surface area contributed by atoms with E-state index in [1.807, 2.05) is 48.0 Å². The summed E-state index contributed by atoms with van der Waals surface area (Å²) < 4.78 is 2.01. The number of amides is 1. The molecule has 0 saturated heterocycles. The zero-order chi connectivity index (χ0) is 19.2. The number of benzene rings is 2. The van der Waals surface area contributed by atoms with Crippen molar-refractivity contribution in [2.75, 3.05) is 0 Å². The SMILES string of the molecule is Cc1nn(Cc2ccccc2)c(C)c1CNC(=O)CC(C)c1ccccc1. The molecule has 27 heavy (non-hydrogen) atoms. The van der Waals surface area contributed by atoms with E-state index in [-0.39, 0.29) is 11.8 Å². The van der Waals surface area contributed by atoms with Gasteiger partial charge in [-0.3, -0.25) is 9.48 Å². The number of aromatic nitrogens is 2. The second kappa shape index (κ2) is 8.67. The van der Waals surface area contributed by atoms with Gasteiger partial charge in [0.15, 0.2) is 0 Å². The standard InChI is InChI=1S/C23H27N3O/c1-17(21-12-8-5-9-13-21)14-23(27)24-15-22-18(2)25-26(19(22)3)16-20-10-6-4-7-11-20/h4-13,17H,14-16H2,1-3H3,(H,24,27). The molecule has 0 saturated carbocycles. The summed E-state index contributed by atoms with van der Waals surface area (Å²) in [7, 11) is 0. The van der Waals surface area contributed by atoms with Crippen LogP contribution >= 0.6 is 0 Å². The largest absolute Gasteiger partial charge is 0.352 e. The van der Waals surface area contributed by atoms with Crippen LogP contribution in [0.25, 0.3) is 0 Å². The third-order valence-electron chi connectivity index (χ3n) is 5.03. The molecule has 0 fully saturated rings. The van der Waals surface area contributed by atoms with Gasteiger partial charge >= 0.3 is 0 Å². The second-order valence-corrected chi connectivity index (χ2v) is 7.09. The van der Waals surface area contributed by atoms with Crippen LogP contribution in [0.3, 0.4) is 0 Å². The number of carbonyl (C=O) groups is 1. The van der Waals surface area contributed by atoms with Crippen LogP contribution in [-0.2, 0) is 17.9 Å². The van der Waals surface area contributed by atoms with Crippen molar-refractivity contribution in [3.63, 3.8) is 0 Å². The van der Waals surface area contributed by atoms with Crippen molar-refractivity contribution in [3.05, 3.63) is 88.7 Å². The number of hydrogen-bond donors (Lipinski definition) is 1. The Bertz CT molecular complexity index is 885. The normalized spacial score (nSPS) is 12.0. The van der Waals surface area contributed by atoms with Crippen LogP contribution in [0.4, 0.5) is 0 Å². The lowest BCUT2D eigenvalue weighted by Gasteiger charge is -2.12. The first-order chi connectivity index (χ1) is 13.0. The first-order valence-electron chi connectivity index (χ1n) is 9.43. The van der Waals surface area contributed by atoms with E-state index < -0.39 is 0 Å². The van der Waals surface area contributed by atoms with Crippen LogP contribution in [0.2, 0.25) is 0 Å². The van der Waals surface area contributed by atoms with E-state index in [1.165, 1.54) is 11.1 Å². The molecule has 1 amide bonds. The molecular weight excluding hydrogens is 334 g/mol. The van der Waals surface area contributed by atoms with Crippen molar-refractivity contribution in [2.45, 2.75) is 46.2 Å². The fraction of sp³-hybridized carbons (Fsp3) is 0.304. The summed E-state index contributed by atoms with van der Waals surface area (Å²) in [6.45, 7) is 7.42. The molecule has 4 heteroatoms. The van der Waals surface area contributed by atoms with Gasteiger partial charge in [-0.05, 0) is 30.9 Å². The molecular formula is C23H27N3O. The number of hydrogen-bond acceptors (Lipinski definition) is 2. The van der Waals surface area contributed by atoms with E-state index in [4.69, 9.17) is 0 Å². The highest BCUT2D eigenvalue weighted by atomic mass is 16.1. The van der Waals surface area contributed by atoms with Crippen molar-refractivity contribution in [2.24, 2.45) is 0 Å². The predicted octanol–water partition coefficient (Wildman–Crippen LogP) is 4.36. The van der Waals surface area contributed by atoms with Gasteiger partial charge in [0, 0.05) is 24.2 Å². The van der Waals surface area contributed by atoms with E-state index in [2.05, 4.69) is 48.5 Å². The molecule has 1 unspecified atom stereocenters. The molecule has 140 valence electrons. The van der Waals surface area contributed by atoms with Gasteiger partial charge in [-0.25, -0.2) is 0 Å². The van der Waals surface area contributed by atoms with Gasteiger partial charge in [-0.15, -0.1) is 0 Å². The Morgan fingerprint density at radius 3 is 2.33 bits per heavy atom. The lowest BCUT2D eigenvalue weighted by atomic mass is 9.97. The fourth-order valence-electron chi connectivity index (χ4n) is 3.34. The average Bonchev–Trinajstić information content (AvgIpc) is 2.94. The Morgan fingerprint density at radius 2 is 1.67 bits per heavy atom. The highest BCUT2D eigenvalue weighted by Crippen LogP contribution is 2.19. The Labute approximate surface area is 161 Å². The van der Waals surface area contributed by atoms with Crippen LogP contribution in [-0.4, -0.2) is 15.7 Å². The molecule has 0 aliphatic rings. The number of aryl methyl sites for hydroxylation is 1. The Morgan fingerprint density at radius 1 is 1.04 bits per heavy atom. The maximum Gasteiger partial charge on any atom is 0.220 e. The van der Waals surface area contributed by atoms with Gasteiger partial charge in [-0.1, -0.05) is 67.6 Å². The van der Waals surface area contributed by atoms with Gasteiger partial charge in [0.1, 0.15) is 0 Å². The maximum atomic E-state index is 12.4. The molecule has 0 bridgehead atoms. The smallest absolute Gasteiger partial charge is 0.220 e. The van der Waals surface area contributed by atoms with Crippen molar-refractivity contribution in [3.8, 4) is 0 Å². The molecule has 1 atom stereocenters. The van der Waals surface area contributed by atoms with Gasteiger partial charge in [0.2, 0.25) is 5.91 Å². The topological polar surface area (TPSA) is 46.9 Å². The minimum atomic E-state index is 0.0703. The summed E-state index contributed by atoms with van der Waals surface area (Å²) in [5.41, 5.74) is 5.59. The molecule has 2 aromatic carbocycles. The summed E-state index contributed by atoms with van der Waals surface area (Å²) >= 11 is 0. The third-order valence-corrected chi connectivity index (χ3v) is 5.03. The first kappa shape index (κ1) is 18.9. The number of rotatable bonds is 7. The van der Waals surface area contributed by atoms with Crippen molar-refractivity contribution in [1.82, 2.24) is 15.1 Å². The van der Waals surface area contributed by atoms with E-state index in [0.717, 1.165) is 23.5 Å². The second-order valence-electron chi connectivity index (χ2n) is 7.09. The summed E-state index contributed by atoms with van der Waals surface area (Å²) in [5, 5.41) is 7.72. The Kier molecular flexibility index (Phi) is 6.07. The molecule has 3 aromatic rings. The Hall–Kier alpha value is -2.88. The molecule has 0 aliphatic heterocycles. The van der Waals surface area contributed by atoms with Gasteiger partial charge in [0.05, 0.1) is 12.2 Å². The monoisotopic (exact) mass is 361 g/mol. The number of carbonyl (C=O) groups excluding carboxylic acids is 1. The zero-order valence-electron chi connectivity index (χ0n) is 16.3. The first-order valence-corrected chi connectivity index (χ1v) is 9.43. The van der Waals surface area contributed by atoms with Crippen LogP contribution in [0.1, 0.15) is 47.3 Å².